The van der Waals surface area contributed by atoms with Crippen LogP contribution in [0.5, 0.6) is 0 Å². The molecule has 1 heterocycles. The minimum Gasteiger partial charge on any atom is -0.384 e. The van der Waals surface area contributed by atoms with Crippen LogP contribution in [0, 0.1) is 0 Å². The number of amides is 1. The van der Waals surface area contributed by atoms with Crippen molar-refractivity contribution in [3.05, 3.63) is 18.0 Å². The van der Waals surface area contributed by atoms with Gasteiger partial charge in [-0.05, 0) is 0 Å². The average molecular weight is 225 g/mol. The second-order valence-electron chi connectivity index (χ2n) is 3.35. The lowest BCUT2D eigenvalue weighted by molar-refractivity contribution is -0.121. The molecular formula is C10H15N3O3. The van der Waals surface area contributed by atoms with E-state index in [1.807, 2.05) is 0 Å². The third-order valence-electron chi connectivity index (χ3n) is 2.01. The third kappa shape index (κ3) is 3.82. The summed E-state index contributed by atoms with van der Waals surface area (Å²) in [5.41, 5.74) is 0.495. The van der Waals surface area contributed by atoms with Crippen LogP contribution >= 0.6 is 0 Å². The molecule has 0 radical (unpaired) electrons. The molecular weight excluding hydrogens is 210 g/mol. The second-order valence-corrected chi connectivity index (χ2v) is 3.35. The monoisotopic (exact) mass is 225 g/mol. The molecule has 0 bridgehead atoms. The largest absolute Gasteiger partial charge is 0.384 e. The summed E-state index contributed by atoms with van der Waals surface area (Å²) in [6, 6.07) is 0. The highest BCUT2D eigenvalue weighted by Crippen LogP contribution is 1.96. The van der Waals surface area contributed by atoms with Crippen molar-refractivity contribution in [1.29, 1.82) is 0 Å². The number of carbonyl (C=O) groups excluding carboxylic acids is 2. The molecule has 6 heteroatoms. The van der Waals surface area contributed by atoms with Gasteiger partial charge in [-0.2, -0.15) is 5.10 Å². The van der Waals surface area contributed by atoms with Gasteiger partial charge in [-0.25, -0.2) is 0 Å². The van der Waals surface area contributed by atoms with Crippen molar-refractivity contribution >= 4 is 11.7 Å². The molecule has 88 valence electrons. The van der Waals surface area contributed by atoms with Gasteiger partial charge in [0.05, 0.1) is 24.9 Å². The fourth-order valence-corrected chi connectivity index (χ4v) is 1.13. The Kier molecular flexibility index (Phi) is 4.65. The summed E-state index contributed by atoms with van der Waals surface area (Å²) >= 11 is 0. The van der Waals surface area contributed by atoms with Gasteiger partial charge in [-0.15, -0.1) is 0 Å². The van der Waals surface area contributed by atoms with Gasteiger partial charge in [0.2, 0.25) is 5.91 Å². The molecule has 0 unspecified atom stereocenters. The summed E-state index contributed by atoms with van der Waals surface area (Å²) in [7, 11) is 3.25. The Morgan fingerprint density at radius 3 is 2.88 bits per heavy atom. The van der Waals surface area contributed by atoms with Crippen LogP contribution in [0.1, 0.15) is 16.8 Å². The number of hydrogen-bond acceptors (Lipinski definition) is 4. The van der Waals surface area contributed by atoms with Crippen molar-refractivity contribution in [2.45, 2.75) is 6.42 Å². The van der Waals surface area contributed by atoms with E-state index in [9.17, 15) is 9.59 Å². The molecule has 1 aromatic heterocycles. The van der Waals surface area contributed by atoms with Gasteiger partial charge >= 0.3 is 0 Å². The van der Waals surface area contributed by atoms with Crippen LogP contribution in [0.4, 0.5) is 0 Å². The summed E-state index contributed by atoms with van der Waals surface area (Å²) in [6.45, 7) is 0.348. The number of Topliss-reactive ketones (excluding diaryl/α,β-unsaturated/α-hetero) is 1. The smallest absolute Gasteiger partial charge is 0.222 e. The summed E-state index contributed by atoms with van der Waals surface area (Å²) in [5, 5.41) is 6.40. The molecule has 0 saturated heterocycles. The highest BCUT2D eigenvalue weighted by molar-refractivity contribution is 5.98. The summed E-state index contributed by atoms with van der Waals surface area (Å²) in [4.78, 5) is 22.7. The Morgan fingerprint density at radius 2 is 2.31 bits per heavy atom. The Labute approximate surface area is 93.6 Å². The van der Waals surface area contributed by atoms with Gasteiger partial charge in [-0.3, -0.25) is 14.3 Å². The van der Waals surface area contributed by atoms with Gasteiger partial charge < -0.3 is 10.1 Å². The van der Waals surface area contributed by atoms with Gasteiger partial charge in [0.15, 0.2) is 5.78 Å². The Morgan fingerprint density at radius 1 is 1.56 bits per heavy atom. The van der Waals surface area contributed by atoms with E-state index in [-0.39, 0.29) is 24.7 Å². The second kappa shape index (κ2) is 6.02. The normalized spacial score (nSPS) is 10.1. The van der Waals surface area contributed by atoms with E-state index in [0.29, 0.717) is 12.2 Å². The predicted molar refractivity (Wildman–Crippen MR) is 57.0 cm³/mol. The first-order chi connectivity index (χ1) is 7.63. The lowest BCUT2D eigenvalue weighted by Crippen LogP contribution is -2.30. The van der Waals surface area contributed by atoms with E-state index in [0.717, 1.165) is 0 Å². The Hall–Kier alpha value is -1.69. The zero-order valence-electron chi connectivity index (χ0n) is 9.40. The zero-order valence-corrected chi connectivity index (χ0v) is 9.40. The predicted octanol–water partition coefficient (Wildman–Crippen LogP) is -0.244. The van der Waals surface area contributed by atoms with Crippen LogP contribution in [0.3, 0.4) is 0 Å². The highest BCUT2D eigenvalue weighted by atomic mass is 16.5. The van der Waals surface area contributed by atoms with E-state index < -0.39 is 0 Å². The first-order valence-corrected chi connectivity index (χ1v) is 4.91. The van der Waals surface area contributed by atoms with Crippen LogP contribution in [0.15, 0.2) is 12.4 Å². The van der Waals surface area contributed by atoms with Crippen molar-refractivity contribution in [2.75, 3.05) is 20.3 Å². The van der Waals surface area contributed by atoms with Gasteiger partial charge in [0.1, 0.15) is 0 Å². The molecule has 0 aliphatic heterocycles. The number of hydrogen-bond donors (Lipinski definition) is 1. The summed E-state index contributed by atoms with van der Waals surface area (Å²) in [5.74, 6) is -0.349. The highest BCUT2D eigenvalue weighted by Gasteiger charge is 2.09. The van der Waals surface area contributed by atoms with Gasteiger partial charge in [0, 0.05) is 26.8 Å². The van der Waals surface area contributed by atoms with Gasteiger partial charge in [0.25, 0.3) is 0 Å². The Bertz CT molecular complexity index is 373. The molecule has 0 saturated carbocycles. The number of carbonyl (C=O) groups is 2. The molecule has 0 atom stereocenters. The SMILES string of the molecule is COCCC(=O)NCC(=O)c1cnn(C)c1. The molecule has 0 aromatic carbocycles. The lowest BCUT2D eigenvalue weighted by atomic mass is 10.2. The average Bonchev–Trinajstić information content (AvgIpc) is 2.69. The number of aromatic nitrogens is 2. The van der Waals surface area contributed by atoms with Gasteiger partial charge in [-0.1, -0.05) is 0 Å². The van der Waals surface area contributed by atoms with Crippen molar-refractivity contribution in [3.63, 3.8) is 0 Å². The molecule has 1 amide bonds. The quantitative estimate of drug-likeness (QED) is 0.678. The molecule has 6 nitrogen and oxygen atoms in total. The number of ketones is 1. The maximum Gasteiger partial charge on any atom is 0.222 e. The van der Waals surface area contributed by atoms with Crippen molar-refractivity contribution in [2.24, 2.45) is 7.05 Å². The Balaban J connectivity index is 2.33. The van der Waals surface area contributed by atoms with Crippen LogP contribution in [0.25, 0.3) is 0 Å². The van der Waals surface area contributed by atoms with Crippen LogP contribution in [-0.2, 0) is 16.6 Å². The molecule has 0 aliphatic carbocycles. The molecule has 0 spiro atoms. The van der Waals surface area contributed by atoms with Crippen LogP contribution in [0.2, 0.25) is 0 Å². The maximum absolute atomic E-state index is 11.5. The molecule has 0 aliphatic rings. The number of ether oxygens (including phenoxy) is 1. The first-order valence-electron chi connectivity index (χ1n) is 4.91. The third-order valence-corrected chi connectivity index (χ3v) is 2.01. The molecule has 16 heavy (non-hydrogen) atoms. The fourth-order valence-electron chi connectivity index (χ4n) is 1.13. The van der Waals surface area contributed by atoms with E-state index in [2.05, 4.69) is 10.4 Å². The fraction of sp³-hybridized carbons (Fsp3) is 0.500. The maximum atomic E-state index is 11.5. The first kappa shape index (κ1) is 12.4. The number of methoxy groups -OCH3 is 1. The van der Waals surface area contributed by atoms with E-state index >= 15 is 0 Å². The minimum atomic E-state index is -0.195. The van der Waals surface area contributed by atoms with E-state index in [4.69, 9.17) is 4.74 Å². The summed E-state index contributed by atoms with van der Waals surface area (Å²) in [6.07, 6.45) is 3.35. The zero-order chi connectivity index (χ0) is 12.0. The van der Waals surface area contributed by atoms with Crippen molar-refractivity contribution in [1.82, 2.24) is 15.1 Å². The van der Waals surface area contributed by atoms with Crippen molar-refractivity contribution in [3.8, 4) is 0 Å². The topological polar surface area (TPSA) is 73.2 Å². The van der Waals surface area contributed by atoms with Crippen LogP contribution in [-0.4, -0.2) is 41.7 Å². The van der Waals surface area contributed by atoms with Crippen LogP contribution < -0.4 is 5.32 Å². The number of rotatable bonds is 6. The molecule has 1 N–H and O–H groups in total. The molecule has 0 fully saturated rings. The minimum absolute atomic E-state index is 0.00571. The number of aryl methyl sites for hydroxylation is 1. The standard InChI is InChI=1S/C10H15N3O3/c1-13-7-8(5-12-13)9(14)6-11-10(15)3-4-16-2/h5,7H,3-4,6H2,1-2H3,(H,11,15). The number of nitrogens with one attached hydrogen (secondary N) is 1. The van der Waals surface area contributed by atoms with E-state index in [1.165, 1.54) is 13.3 Å². The molecule has 1 aromatic rings. The molecule has 1 rings (SSSR count). The number of nitrogens with zero attached hydrogens (tertiary/aromatic N) is 2. The van der Waals surface area contributed by atoms with Crippen molar-refractivity contribution < 1.29 is 14.3 Å². The van der Waals surface area contributed by atoms with E-state index in [1.54, 1.807) is 17.9 Å². The lowest BCUT2D eigenvalue weighted by Gasteiger charge is -2.02. The summed E-state index contributed by atoms with van der Waals surface area (Å²) < 4.78 is 6.29.